The van der Waals surface area contributed by atoms with Gasteiger partial charge in [-0.2, -0.15) is 0 Å². The number of nitrogens with one attached hydrogen (secondary N) is 2. The van der Waals surface area contributed by atoms with Crippen LogP contribution in [0.15, 0.2) is 24.3 Å². The average molecular weight is 436 g/mol. The van der Waals surface area contributed by atoms with Crippen LogP contribution in [0.1, 0.15) is 22.3 Å². The van der Waals surface area contributed by atoms with Gasteiger partial charge in [0.25, 0.3) is 5.91 Å². The molecule has 0 saturated carbocycles. The highest BCUT2D eigenvalue weighted by Gasteiger charge is 2.03. The third-order valence-electron chi connectivity index (χ3n) is 2.82. The van der Waals surface area contributed by atoms with Gasteiger partial charge < -0.3 is 15.4 Å². The Kier molecular flexibility index (Phi) is 10.3. The minimum Gasteiger partial charge on any atom is -0.378 e. The molecule has 0 spiro atoms. The topological polar surface area (TPSA) is 67.4 Å². The fourth-order valence-corrected chi connectivity index (χ4v) is 2.55. The Balaban J connectivity index is 2.02. The quantitative estimate of drug-likeness (QED) is 0.437. The number of ether oxygens (including phenoxy) is 1. The first-order chi connectivity index (χ1) is 10.6. The Morgan fingerprint density at radius 2 is 1.77 bits per heavy atom. The standard InChI is InChI=1S/C15H21IN2O3S/c1-12-2-4-13(5-3-12)15(20)18-8-10-21-9-7-17-14(19)6-11-22-16/h2-5H,6-11H2,1H3,(H,17,19)(H,18,20). The van der Waals surface area contributed by atoms with E-state index in [-0.39, 0.29) is 11.8 Å². The molecule has 122 valence electrons. The van der Waals surface area contributed by atoms with E-state index in [2.05, 4.69) is 31.8 Å². The van der Waals surface area contributed by atoms with E-state index in [4.69, 9.17) is 4.74 Å². The van der Waals surface area contributed by atoms with Gasteiger partial charge in [0.2, 0.25) is 5.91 Å². The molecule has 0 bridgehead atoms. The highest BCUT2D eigenvalue weighted by atomic mass is 127. The van der Waals surface area contributed by atoms with E-state index < -0.39 is 0 Å². The van der Waals surface area contributed by atoms with Gasteiger partial charge in [-0.1, -0.05) is 26.6 Å². The van der Waals surface area contributed by atoms with Gasteiger partial charge in [-0.3, -0.25) is 9.59 Å². The van der Waals surface area contributed by atoms with Crippen molar-refractivity contribution in [1.29, 1.82) is 0 Å². The van der Waals surface area contributed by atoms with E-state index >= 15 is 0 Å². The van der Waals surface area contributed by atoms with Crippen molar-refractivity contribution >= 4 is 42.0 Å². The van der Waals surface area contributed by atoms with E-state index in [1.165, 1.54) is 0 Å². The van der Waals surface area contributed by atoms with Crippen LogP contribution < -0.4 is 10.6 Å². The molecular formula is C15H21IN2O3S. The Hall–Kier alpha value is -0.800. The molecule has 0 aliphatic carbocycles. The maximum atomic E-state index is 11.8. The summed E-state index contributed by atoms with van der Waals surface area (Å²) in [5.74, 6) is 0.756. The van der Waals surface area contributed by atoms with Crippen LogP contribution in [0, 0.1) is 6.92 Å². The molecule has 0 atom stereocenters. The Morgan fingerprint density at radius 3 is 2.41 bits per heavy atom. The van der Waals surface area contributed by atoms with Crippen molar-refractivity contribution in [2.45, 2.75) is 13.3 Å². The van der Waals surface area contributed by atoms with E-state index in [1.54, 1.807) is 21.1 Å². The number of carbonyl (C=O) groups is 2. The molecule has 1 aromatic rings. The summed E-state index contributed by atoms with van der Waals surface area (Å²) in [5.41, 5.74) is 1.77. The summed E-state index contributed by atoms with van der Waals surface area (Å²) < 4.78 is 5.36. The van der Waals surface area contributed by atoms with Gasteiger partial charge >= 0.3 is 0 Å². The van der Waals surface area contributed by atoms with Crippen molar-refractivity contribution in [3.05, 3.63) is 35.4 Å². The van der Waals surface area contributed by atoms with Crippen LogP contribution in [0.4, 0.5) is 0 Å². The van der Waals surface area contributed by atoms with Crippen LogP contribution in [0.2, 0.25) is 0 Å². The second kappa shape index (κ2) is 11.7. The summed E-state index contributed by atoms with van der Waals surface area (Å²) in [6.07, 6.45) is 0.528. The van der Waals surface area contributed by atoms with Crippen LogP contribution in [0.5, 0.6) is 0 Å². The molecule has 0 saturated heterocycles. The lowest BCUT2D eigenvalue weighted by Gasteiger charge is -2.07. The van der Waals surface area contributed by atoms with Gasteiger partial charge in [0.05, 0.1) is 13.2 Å². The number of rotatable bonds is 10. The molecule has 0 unspecified atom stereocenters. The second-order valence-electron chi connectivity index (χ2n) is 4.65. The van der Waals surface area contributed by atoms with Crippen LogP contribution in [0.3, 0.4) is 0 Å². The van der Waals surface area contributed by atoms with Crippen molar-refractivity contribution in [2.75, 3.05) is 32.1 Å². The van der Waals surface area contributed by atoms with Crippen molar-refractivity contribution in [3.63, 3.8) is 0 Å². The lowest BCUT2D eigenvalue weighted by Crippen LogP contribution is -2.30. The highest BCUT2D eigenvalue weighted by Crippen LogP contribution is 2.11. The van der Waals surface area contributed by atoms with Gasteiger partial charge in [0.15, 0.2) is 0 Å². The molecular weight excluding hydrogens is 415 g/mol. The molecule has 0 aliphatic rings. The van der Waals surface area contributed by atoms with E-state index in [9.17, 15) is 9.59 Å². The molecule has 1 aromatic carbocycles. The molecule has 2 N–H and O–H groups in total. The number of aryl methyl sites for hydroxylation is 1. The van der Waals surface area contributed by atoms with E-state index in [0.29, 0.717) is 38.3 Å². The first-order valence-electron chi connectivity index (χ1n) is 7.06. The highest BCUT2D eigenvalue weighted by molar-refractivity contribution is 14.2. The first-order valence-corrected chi connectivity index (χ1v) is 10.6. The normalized spacial score (nSPS) is 10.3. The van der Waals surface area contributed by atoms with Gasteiger partial charge in [-0.25, -0.2) is 0 Å². The molecule has 0 radical (unpaired) electrons. The predicted octanol–water partition coefficient (Wildman–Crippen LogP) is 2.33. The van der Waals surface area contributed by atoms with Crippen LogP contribution in [0.25, 0.3) is 0 Å². The first kappa shape index (κ1) is 19.2. The van der Waals surface area contributed by atoms with Gasteiger partial charge in [0, 0.05) is 30.8 Å². The van der Waals surface area contributed by atoms with Crippen LogP contribution in [-0.2, 0) is 9.53 Å². The zero-order valence-electron chi connectivity index (χ0n) is 12.6. The number of amides is 2. The summed E-state index contributed by atoms with van der Waals surface area (Å²) in [6.45, 7) is 3.80. The Bertz CT molecular complexity index is 468. The molecule has 2 amide bonds. The Labute approximate surface area is 147 Å². The molecule has 1 rings (SSSR count). The minimum atomic E-state index is -0.104. The predicted molar refractivity (Wildman–Crippen MR) is 98.4 cm³/mol. The molecule has 22 heavy (non-hydrogen) atoms. The van der Waals surface area contributed by atoms with Gasteiger partial charge in [-0.05, 0) is 40.3 Å². The van der Waals surface area contributed by atoms with Crippen molar-refractivity contribution in [1.82, 2.24) is 10.6 Å². The number of benzene rings is 1. The zero-order valence-corrected chi connectivity index (χ0v) is 15.5. The summed E-state index contributed by atoms with van der Waals surface area (Å²) in [6, 6.07) is 7.42. The summed E-state index contributed by atoms with van der Waals surface area (Å²) in [7, 11) is 1.62. The van der Waals surface area contributed by atoms with Crippen LogP contribution in [-0.4, -0.2) is 43.9 Å². The summed E-state index contributed by atoms with van der Waals surface area (Å²) in [4.78, 5) is 23.1. The maximum absolute atomic E-state index is 11.8. The largest absolute Gasteiger partial charge is 0.378 e. The summed E-state index contributed by atoms with van der Waals surface area (Å²) >= 11 is 2.17. The zero-order chi connectivity index (χ0) is 16.2. The molecule has 0 heterocycles. The van der Waals surface area contributed by atoms with E-state index in [0.717, 1.165) is 11.3 Å². The van der Waals surface area contributed by atoms with Gasteiger partial charge in [-0.15, -0.1) is 0 Å². The van der Waals surface area contributed by atoms with Crippen molar-refractivity contribution < 1.29 is 14.3 Å². The third-order valence-corrected chi connectivity index (χ3v) is 4.50. The average Bonchev–Trinajstić information content (AvgIpc) is 2.52. The van der Waals surface area contributed by atoms with Gasteiger partial charge in [0.1, 0.15) is 0 Å². The number of hydrogen-bond acceptors (Lipinski definition) is 4. The third kappa shape index (κ3) is 8.60. The molecule has 0 aromatic heterocycles. The lowest BCUT2D eigenvalue weighted by atomic mass is 10.1. The fourth-order valence-electron chi connectivity index (χ4n) is 1.63. The number of carbonyl (C=O) groups excluding carboxylic acids is 2. The molecule has 5 nitrogen and oxygen atoms in total. The molecule has 7 heteroatoms. The summed E-state index contributed by atoms with van der Waals surface area (Å²) in [5, 5.41) is 5.57. The van der Waals surface area contributed by atoms with Crippen LogP contribution >= 0.6 is 30.1 Å². The van der Waals surface area contributed by atoms with E-state index in [1.807, 2.05) is 19.1 Å². The smallest absolute Gasteiger partial charge is 0.251 e. The Morgan fingerprint density at radius 1 is 1.14 bits per heavy atom. The number of halogens is 1. The monoisotopic (exact) mass is 436 g/mol. The number of hydrogen-bond donors (Lipinski definition) is 2. The second-order valence-corrected chi connectivity index (χ2v) is 7.14. The van der Waals surface area contributed by atoms with Crippen molar-refractivity contribution in [2.24, 2.45) is 0 Å². The minimum absolute atomic E-state index is 0.0421. The molecule has 0 aliphatic heterocycles. The SMILES string of the molecule is Cc1ccc(C(=O)NCCOCCNC(=O)CCSI)cc1. The maximum Gasteiger partial charge on any atom is 0.251 e. The lowest BCUT2D eigenvalue weighted by molar-refractivity contribution is -0.120. The fraction of sp³-hybridized carbons (Fsp3) is 0.467. The van der Waals surface area contributed by atoms with Crippen molar-refractivity contribution in [3.8, 4) is 0 Å². The molecule has 0 fully saturated rings.